The Morgan fingerprint density at radius 1 is 1.02 bits per heavy atom. The van der Waals surface area contributed by atoms with Gasteiger partial charge in [0.25, 0.3) is 15.9 Å². The molecule has 0 saturated heterocycles. The van der Waals surface area contributed by atoms with Crippen molar-refractivity contribution < 1.29 is 17.9 Å². The number of ether oxygens (including phenoxy) is 1. The number of aryl methyl sites for hydroxylation is 2. The van der Waals surface area contributed by atoms with Crippen molar-refractivity contribution in [3.8, 4) is 17.1 Å². The molecule has 1 amide bonds. The Kier molecular flexibility index (Phi) is 9.90. The molecule has 1 N–H and O–H groups in total. The first-order valence-electron chi connectivity index (χ1n) is 15.8. The van der Waals surface area contributed by atoms with Crippen LogP contribution in [-0.2, 0) is 16.6 Å². The summed E-state index contributed by atoms with van der Waals surface area (Å²) in [4.78, 5) is 30.1. The molecule has 49 heavy (non-hydrogen) atoms. The van der Waals surface area contributed by atoms with E-state index in [1.165, 1.54) is 12.1 Å². The van der Waals surface area contributed by atoms with Gasteiger partial charge in [-0.2, -0.15) is 4.98 Å². The SMILES string of the molecule is C=C(C)c1ccn2cc(CN3C(=O)c4cccc(c4)S(=O)(=O)Nc4nc(cc(-c5c(C)cccc5C)n4)OC[C@H]3CC(C)(C)C)nc2c1.Cl. The predicted octanol–water partition coefficient (Wildman–Crippen LogP) is 7.50. The number of sulfonamides is 1. The Hall–Kier alpha value is -4.74. The van der Waals surface area contributed by atoms with E-state index in [1.54, 1.807) is 23.1 Å². The Labute approximate surface area is 293 Å². The summed E-state index contributed by atoms with van der Waals surface area (Å²) in [5, 5.41) is 0. The Bertz CT molecular complexity index is 2150. The standard InChI is InChI=1S/C37H40N6O4S.ClH/c1-23(2)26-14-15-42-20-28(38-32(42)17-26)21-43-29(19-37(5,6)7)22-47-33-18-31(34-24(3)10-8-11-25(34)4)39-36(40-33)41-48(45,46)30-13-9-12-27(16-30)35(43)44;/h8-18,20,29H,1,19,21-22H2,2-7H3,(H,39,40,41);1H/t29-;/m1./s1. The average Bonchev–Trinajstić information content (AvgIpc) is 3.42. The number of fused-ring (bicyclic) bond motifs is 5. The van der Waals surface area contributed by atoms with Crippen molar-refractivity contribution in [1.82, 2.24) is 24.3 Å². The molecule has 0 unspecified atom stereocenters. The number of nitrogens with one attached hydrogen (secondary N) is 1. The first-order chi connectivity index (χ1) is 22.7. The topological polar surface area (TPSA) is 119 Å². The fourth-order valence-electron chi connectivity index (χ4n) is 6.10. The molecule has 0 fully saturated rings. The van der Waals surface area contributed by atoms with Crippen molar-refractivity contribution >= 4 is 45.5 Å². The van der Waals surface area contributed by atoms with Gasteiger partial charge in [0.2, 0.25) is 11.8 Å². The fraction of sp³-hybridized carbons (Fsp3) is 0.297. The number of carbonyl (C=O) groups excluding carboxylic acids is 1. The van der Waals surface area contributed by atoms with E-state index in [4.69, 9.17) is 9.72 Å². The van der Waals surface area contributed by atoms with Crippen LogP contribution in [0.1, 0.15) is 66.9 Å². The zero-order valence-corrected chi connectivity index (χ0v) is 30.2. The summed E-state index contributed by atoms with van der Waals surface area (Å²) in [6, 6.07) is 17.2. The van der Waals surface area contributed by atoms with Crippen LogP contribution < -0.4 is 9.46 Å². The van der Waals surface area contributed by atoms with Gasteiger partial charge in [-0.25, -0.2) is 23.1 Å². The number of allylic oxidation sites excluding steroid dienone is 1. The monoisotopic (exact) mass is 700 g/mol. The van der Waals surface area contributed by atoms with Crippen molar-refractivity contribution in [2.75, 3.05) is 11.3 Å². The third-order valence-corrected chi connectivity index (χ3v) is 9.69. The van der Waals surface area contributed by atoms with E-state index in [9.17, 15) is 13.2 Å². The van der Waals surface area contributed by atoms with Gasteiger partial charge in [0, 0.05) is 29.6 Å². The van der Waals surface area contributed by atoms with Crippen LogP contribution in [0.25, 0.3) is 22.5 Å². The number of imidazole rings is 1. The molecule has 10 nitrogen and oxygen atoms in total. The number of amides is 1. The molecule has 0 saturated carbocycles. The van der Waals surface area contributed by atoms with Gasteiger partial charge in [-0.3, -0.25) is 4.79 Å². The van der Waals surface area contributed by atoms with Gasteiger partial charge in [0.15, 0.2) is 0 Å². The van der Waals surface area contributed by atoms with Crippen LogP contribution in [0, 0.1) is 19.3 Å². The van der Waals surface area contributed by atoms with Gasteiger partial charge in [0.05, 0.1) is 28.9 Å². The maximum atomic E-state index is 14.5. The predicted molar refractivity (Wildman–Crippen MR) is 195 cm³/mol. The molecule has 0 radical (unpaired) electrons. The Morgan fingerprint density at radius 2 is 1.73 bits per heavy atom. The smallest absolute Gasteiger partial charge is 0.264 e. The largest absolute Gasteiger partial charge is 0.475 e. The number of benzene rings is 2. The molecule has 0 aliphatic carbocycles. The minimum Gasteiger partial charge on any atom is -0.475 e. The fourth-order valence-corrected chi connectivity index (χ4v) is 7.09. The summed E-state index contributed by atoms with van der Waals surface area (Å²) in [5.74, 6) is -0.264. The molecular formula is C37H41ClN6O4S. The molecule has 1 atom stereocenters. The van der Waals surface area contributed by atoms with Crippen LogP contribution in [0.2, 0.25) is 0 Å². The lowest BCUT2D eigenvalue weighted by atomic mass is 9.87. The second-order valence-corrected chi connectivity index (χ2v) is 15.4. The van der Waals surface area contributed by atoms with Crippen LogP contribution >= 0.6 is 12.4 Å². The van der Waals surface area contributed by atoms with Crippen LogP contribution in [0.3, 0.4) is 0 Å². The van der Waals surface area contributed by atoms with E-state index in [-0.39, 0.29) is 59.2 Å². The van der Waals surface area contributed by atoms with Gasteiger partial charge < -0.3 is 14.0 Å². The molecule has 3 aromatic heterocycles. The van der Waals surface area contributed by atoms with Crippen molar-refractivity contribution in [2.24, 2.45) is 5.41 Å². The lowest BCUT2D eigenvalue weighted by Gasteiger charge is -2.35. The molecule has 1 aliphatic heterocycles. The molecule has 4 heterocycles. The van der Waals surface area contributed by atoms with Gasteiger partial charge in [0.1, 0.15) is 12.3 Å². The number of aromatic nitrogens is 4. The van der Waals surface area contributed by atoms with Gasteiger partial charge >= 0.3 is 0 Å². The molecule has 5 aromatic rings. The minimum absolute atomic E-state index is 0. The molecule has 256 valence electrons. The highest BCUT2D eigenvalue weighted by atomic mass is 35.5. The van der Waals surface area contributed by atoms with Crippen molar-refractivity contribution in [1.29, 1.82) is 0 Å². The zero-order chi connectivity index (χ0) is 34.4. The first kappa shape index (κ1) is 35.6. The normalized spacial score (nSPS) is 16.0. The molecule has 0 spiro atoms. The van der Waals surface area contributed by atoms with E-state index in [2.05, 4.69) is 42.0 Å². The molecule has 2 aromatic carbocycles. The van der Waals surface area contributed by atoms with Crippen molar-refractivity contribution in [2.45, 2.75) is 65.4 Å². The average molecular weight is 701 g/mol. The first-order valence-corrected chi connectivity index (χ1v) is 17.3. The molecule has 4 bridgehead atoms. The van der Waals surface area contributed by atoms with Crippen molar-refractivity contribution in [3.05, 3.63) is 108 Å². The van der Waals surface area contributed by atoms with E-state index < -0.39 is 16.1 Å². The number of hydrogen-bond acceptors (Lipinski definition) is 7. The van der Waals surface area contributed by atoms with Crippen molar-refractivity contribution in [3.63, 3.8) is 0 Å². The minimum atomic E-state index is -4.17. The second kappa shape index (κ2) is 13.6. The maximum Gasteiger partial charge on any atom is 0.264 e. The van der Waals surface area contributed by atoms with Crippen LogP contribution in [0.5, 0.6) is 5.88 Å². The summed E-state index contributed by atoms with van der Waals surface area (Å²) < 4.78 is 38.2. The number of anilines is 1. The van der Waals surface area contributed by atoms with Gasteiger partial charge in [-0.05, 0) is 79.6 Å². The summed E-state index contributed by atoms with van der Waals surface area (Å²) in [6.07, 6.45) is 4.41. The molecule has 1 aliphatic rings. The maximum absolute atomic E-state index is 14.5. The number of carbonyl (C=O) groups is 1. The molecular weight excluding hydrogens is 660 g/mol. The van der Waals surface area contributed by atoms with E-state index in [0.717, 1.165) is 33.5 Å². The van der Waals surface area contributed by atoms with Gasteiger partial charge in [-0.15, -0.1) is 12.4 Å². The van der Waals surface area contributed by atoms with Crippen LogP contribution in [0.4, 0.5) is 5.95 Å². The second-order valence-electron chi connectivity index (χ2n) is 13.7. The lowest BCUT2D eigenvalue weighted by Crippen LogP contribution is -2.45. The quantitative estimate of drug-likeness (QED) is 0.202. The number of halogens is 1. The summed E-state index contributed by atoms with van der Waals surface area (Å²) >= 11 is 0. The number of hydrogen-bond donors (Lipinski definition) is 1. The third-order valence-electron chi connectivity index (χ3n) is 8.37. The number of pyridine rings is 1. The number of rotatable bonds is 5. The van der Waals surface area contributed by atoms with Crippen LogP contribution in [0.15, 0.2) is 84.5 Å². The lowest BCUT2D eigenvalue weighted by molar-refractivity contribution is 0.0509. The highest BCUT2D eigenvalue weighted by Gasteiger charge is 2.32. The summed E-state index contributed by atoms with van der Waals surface area (Å²) in [7, 11) is -4.17. The molecule has 12 heteroatoms. The Balaban J connectivity index is 0.00000468. The Morgan fingerprint density at radius 3 is 2.43 bits per heavy atom. The van der Waals surface area contributed by atoms with E-state index in [0.29, 0.717) is 17.8 Å². The zero-order valence-electron chi connectivity index (χ0n) is 28.5. The van der Waals surface area contributed by atoms with E-state index in [1.807, 2.05) is 67.9 Å². The highest BCUT2D eigenvalue weighted by molar-refractivity contribution is 7.92. The third kappa shape index (κ3) is 7.79. The highest BCUT2D eigenvalue weighted by Crippen LogP contribution is 2.32. The summed E-state index contributed by atoms with van der Waals surface area (Å²) in [6.45, 7) is 16.6. The van der Waals surface area contributed by atoms with Gasteiger partial charge in [-0.1, -0.05) is 57.2 Å². The number of nitrogens with zero attached hydrogens (tertiary/aromatic N) is 5. The molecule has 6 rings (SSSR count). The summed E-state index contributed by atoms with van der Waals surface area (Å²) in [5.41, 5.74) is 6.70. The van der Waals surface area contributed by atoms with E-state index >= 15 is 0 Å². The van der Waals surface area contributed by atoms with Crippen LogP contribution in [-0.4, -0.2) is 51.2 Å².